The van der Waals surface area contributed by atoms with Gasteiger partial charge in [-0.1, -0.05) is 42.5 Å². The summed E-state index contributed by atoms with van der Waals surface area (Å²) >= 11 is 5.67. The number of rotatable bonds is 9. The quantitative estimate of drug-likeness (QED) is 0.199. The number of hydrogen-bond acceptors (Lipinski definition) is 8. The van der Waals surface area contributed by atoms with Crippen molar-refractivity contribution in [2.45, 2.75) is 19.4 Å². The molecule has 3 aromatic heterocycles. The Balaban J connectivity index is 1.45. The van der Waals surface area contributed by atoms with Gasteiger partial charge in [0.25, 0.3) is 17.7 Å². The number of fused-ring (bicyclic) bond motifs is 1. The third-order valence-electron chi connectivity index (χ3n) is 6.68. The summed E-state index contributed by atoms with van der Waals surface area (Å²) in [7, 11) is 1.62. The fraction of sp³-hybridized carbons (Fsp3) is 0.200. The van der Waals surface area contributed by atoms with E-state index in [4.69, 9.17) is 20.8 Å². The fourth-order valence-corrected chi connectivity index (χ4v) is 4.53. The van der Waals surface area contributed by atoms with E-state index in [0.29, 0.717) is 0 Å². The largest absolute Gasteiger partial charge is 0.447 e. The number of furan rings is 1. The van der Waals surface area contributed by atoms with E-state index < -0.39 is 29.4 Å². The predicted octanol–water partition coefficient (Wildman–Crippen LogP) is 4.76. The number of ether oxygens (including phenoxy) is 1. The van der Waals surface area contributed by atoms with Crippen molar-refractivity contribution in [3.05, 3.63) is 95.5 Å². The van der Waals surface area contributed by atoms with Gasteiger partial charge in [-0.2, -0.15) is 9.78 Å². The van der Waals surface area contributed by atoms with Crippen LogP contribution in [0.15, 0.2) is 77.3 Å². The first kappa shape index (κ1) is 30.0. The molecule has 0 aliphatic rings. The second-order valence-corrected chi connectivity index (χ2v) is 10.5. The number of nitrogens with one attached hydrogen (secondary N) is 3. The minimum atomic E-state index is -0.891. The van der Waals surface area contributed by atoms with Gasteiger partial charge >= 0.3 is 6.09 Å². The lowest BCUT2D eigenvalue weighted by Crippen LogP contribution is -2.40. The summed E-state index contributed by atoms with van der Waals surface area (Å²) in [5, 5.41) is 16.4. The normalized spacial score (nSPS) is 11.3. The van der Waals surface area contributed by atoms with Crippen LogP contribution in [0.25, 0.3) is 11.1 Å². The van der Waals surface area contributed by atoms with E-state index in [-0.39, 0.29) is 52.1 Å². The number of carbonyl (C=O) groups is 4. The van der Waals surface area contributed by atoms with Crippen molar-refractivity contribution in [2.24, 2.45) is 7.05 Å². The number of amides is 3. The Kier molecular flexibility index (Phi) is 8.49. The van der Waals surface area contributed by atoms with Crippen molar-refractivity contribution < 1.29 is 28.3 Å². The van der Waals surface area contributed by atoms with Crippen LogP contribution in [-0.2, 0) is 17.3 Å². The maximum atomic E-state index is 13.5. The highest BCUT2D eigenvalue weighted by Crippen LogP contribution is 2.29. The van der Waals surface area contributed by atoms with Crippen LogP contribution in [0.2, 0.25) is 0 Å². The highest BCUT2D eigenvalue weighted by Gasteiger charge is 2.29. The van der Waals surface area contributed by atoms with Crippen LogP contribution < -0.4 is 16.0 Å². The Hall–Kier alpha value is -5.43. The van der Waals surface area contributed by atoms with Gasteiger partial charge in [-0.25, -0.2) is 4.79 Å². The molecule has 226 valence electrons. The van der Waals surface area contributed by atoms with Gasteiger partial charge in [0.1, 0.15) is 17.8 Å². The number of aromatic nitrogens is 4. The van der Waals surface area contributed by atoms with Crippen LogP contribution in [-0.4, -0.2) is 55.9 Å². The molecular weight excluding hydrogens is 590 g/mol. The number of carbonyl (C=O) groups excluding carboxylic acids is 4. The summed E-state index contributed by atoms with van der Waals surface area (Å²) in [5.41, 5.74) is 0.750. The molecular formula is C30H28ClN7O6. The number of aryl methyl sites for hydroxylation is 1. The summed E-state index contributed by atoms with van der Waals surface area (Å²) in [6.07, 6.45) is 0.589. The van der Waals surface area contributed by atoms with Gasteiger partial charge in [0, 0.05) is 19.3 Å². The molecule has 14 heteroatoms. The zero-order chi connectivity index (χ0) is 31.4. The third kappa shape index (κ3) is 6.17. The van der Waals surface area contributed by atoms with Crippen LogP contribution >= 0.6 is 11.6 Å². The number of alkyl halides is 1. The van der Waals surface area contributed by atoms with Crippen molar-refractivity contribution in [3.63, 3.8) is 0 Å². The monoisotopic (exact) mass is 617 g/mol. The lowest BCUT2D eigenvalue weighted by molar-refractivity contribution is 0.0885. The fourth-order valence-electron chi connectivity index (χ4n) is 4.45. The number of nitrogens with zero attached hydrogens (tertiary/aromatic N) is 4. The van der Waals surface area contributed by atoms with Gasteiger partial charge in [0.2, 0.25) is 0 Å². The summed E-state index contributed by atoms with van der Waals surface area (Å²) in [5.74, 6) is -1.93. The number of hydrogen-bond donors (Lipinski definition) is 3. The molecule has 0 fully saturated rings. The van der Waals surface area contributed by atoms with E-state index in [1.54, 1.807) is 25.2 Å². The Morgan fingerprint density at radius 2 is 1.68 bits per heavy atom. The molecule has 3 N–H and O–H groups in total. The second-order valence-electron chi connectivity index (χ2n) is 10.1. The molecule has 3 heterocycles. The second kappa shape index (κ2) is 12.4. The first-order valence-electron chi connectivity index (χ1n) is 13.4. The lowest BCUT2D eigenvalue weighted by Gasteiger charge is -2.26. The SMILES string of the molecule is Cn1nccc1C(=O)Nc1ccccc1C(=O)Nc1nn(C(=O)OCCCl)c2cc(C(=O)NC(C)(C)c3ccccc3)oc12. The van der Waals surface area contributed by atoms with Crippen molar-refractivity contribution in [1.29, 1.82) is 0 Å². The topological polar surface area (TPSA) is 162 Å². The third-order valence-corrected chi connectivity index (χ3v) is 6.84. The molecule has 2 aromatic carbocycles. The first-order chi connectivity index (χ1) is 21.1. The maximum absolute atomic E-state index is 13.5. The molecule has 13 nitrogen and oxygen atoms in total. The molecule has 0 aliphatic carbocycles. The van der Waals surface area contributed by atoms with Gasteiger partial charge in [0.15, 0.2) is 17.2 Å². The van der Waals surface area contributed by atoms with Crippen molar-refractivity contribution >= 4 is 58.0 Å². The summed E-state index contributed by atoms with van der Waals surface area (Å²) in [4.78, 5) is 52.3. The molecule has 44 heavy (non-hydrogen) atoms. The summed E-state index contributed by atoms with van der Waals surface area (Å²) in [6.45, 7) is 3.58. The Morgan fingerprint density at radius 1 is 0.955 bits per heavy atom. The number of benzene rings is 2. The molecule has 0 saturated carbocycles. The van der Waals surface area contributed by atoms with Gasteiger partial charge in [0.05, 0.1) is 22.7 Å². The molecule has 0 saturated heterocycles. The average Bonchev–Trinajstić information content (AvgIpc) is 3.72. The summed E-state index contributed by atoms with van der Waals surface area (Å²) < 4.78 is 13.2. The van der Waals surface area contributed by atoms with Gasteiger partial charge in [-0.05, 0) is 37.6 Å². The zero-order valence-electron chi connectivity index (χ0n) is 24.0. The van der Waals surface area contributed by atoms with Crippen LogP contribution in [0.3, 0.4) is 0 Å². The molecule has 0 bridgehead atoms. The van der Waals surface area contributed by atoms with Crippen LogP contribution in [0, 0.1) is 0 Å². The zero-order valence-corrected chi connectivity index (χ0v) is 24.7. The Morgan fingerprint density at radius 3 is 2.39 bits per heavy atom. The molecule has 3 amide bonds. The van der Waals surface area contributed by atoms with Crippen molar-refractivity contribution in [1.82, 2.24) is 24.9 Å². The van der Waals surface area contributed by atoms with E-state index in [2.05, 4.69) is 26.1 Å². The Labute approximate surface area is 256 Å². The molecule has 0 radical (unpaired) electrons. The number of halogens is 1. The van der Waals surface area contributed by atoms with E-state index >= 15 is 0 Å². The molecule has 5 aromatic rings. The van der Waals surface area contributed by atoms with Crippen molar-refractivity contribution in [3.8, 4) is 0 Å². The van der Waals surface area contributed by atoms with E-state index in [1.165, 1.54) is 29.1 Å². The first-order valence-corrected chi connectivity index (χ1v) is 14.0. The lowest BCUT2D eigenvalue weighted by atomic mass is 9.94. The van der Waals surface area contributed by atoms with E-state index in [9.17, 15) is 19.2 Å². The maximum Gasteiger partial charge on any atom is 0.435 e. The minimum absolute atomic E-state index is 0.0414. The highest BCUT2D eigenvalue weighted by atomic mass is 35.5. The summed E-state index contributed by atoms with van der Waals surface area (Å²) in [6, 6.07) is 18.6. The standard InChI is InChI=1S/C30H28ClN7O6/c1-30(2,18-9-5-4-6-10-18)35-28(41)23-17-22-24(44-23)25(36-38(22)29(42)43-16-14-31)34-26(39)19-11-7-8-12-20(19)33-27(40)21-13-15-32-37(21)3/h4-13,15,17H,14,16H2,1-3H3,(H,33,40)(H,35,41)(H,34,36,39). The molecule has 0 aliphatic heterocycles. The van der Waals surface area contributed by atoms with Gasteiger partial charge in [-0.15, -0.1) is 16.7 Å². The minimum Gasteiger partial charge on any atom is -0.447 e. The molecule has 0 atom stereocenters. The van der Waals surface area contributed by atoms with E-state index in [0.717, 1.165) is 10.2 Å². The molecule has 0 unspecified atom stereocenters. The van der Waals surface area contributed by atoms with Crippen LogP contribution in [0.4, 0.5) is 16.3 Å². The number of anilines is 2. The smallest absolute Gasteiger partial charge is 0.435 e. The Bertz CT molecular complexity index is 1860. The van der Waals surface area contributed by atoms with Gasteiger partial charge < -0.3 is 25.1 Å². The predicted molar refractivity (Wildman–Crippen MR) is 162 cm³/mol. The van der Waals surface area contributed by atoms with E-state index in [1.807, 2.05) is 44.2 Å². The van der Waals surface area contributed by atoms with Crippen LogP contribution in [0.5, 0.6) is 0 Å². The van der Waals surface area contributed by atoms with Crippen LogP contribution in [0.1, 0.15) is 50.8 Å². The van der Waals surface area contributed by atoms with Crippen molar-refractivity contribution in [2.75, 3.05) is 23.1 Å². The average molecular weight is 618 g/mol. The number of para-hydroxylation sites is 1. The molecule has 5 rings (SSSR count). The highest BCUT2D eigenvalue weighted by molar-refractivity contribution is 6.18. The van der Waals surface area contributed by atoms with Gasteiger partial charge in [-0.3, -0.25) is 19.1 Å². The molecule has 0 spiro atoms.